The van der Waals surface area contributed by atoms with E-state index in [1.165, 1.54) is 12.1 Å². The van der Waals surface area contributed by atoms with Crippen molar-refractivity contribution in [3.05, 3.63) is 45.6 Å². The second-order valence-corrected chi connectivity index (χ2v) is 4.78. The highest BCUT2D eigenvalue weighted by Gasteiger charge is 2.14. The molecule has 0 amide bonds. The van der Waals surface area contributed by atoms with Gasteiger partial charge in [0.1, 0.15) is 5.02 Å². The lowest BCUT2D eigenvalue weighted by Gasteiger charge is -2.16. The minimum atomic E-state index is -0.519. The number of nitro benzene ring substituents is 1. The van der Waals surface area contributed by atoms with Gasteiger partial charge < -0.3 is 10.6 Å². The van der Waals surface area contributed by atoms with E-state index in [-0.39, 0.29) is 10.7 Å². The predicted octanol–water partition coefficient (Wildman–Crippen LogP) is 2.10. The third kappa shape index (κ3) is 3.45. The first-order chi connectivity index (χ1) is 10.0. The first-order valence-corrected chi connectivity index (χ1v) is 6.59. The van der Waals surface area contributed by atoms with Crippen molar-refractivity contribution in [2.45, 2.75) is 0 Å². The fraction of sp³-hybridized carbons (Fsp3) is 0.231. The smallest absolute Gasteiger partial charge is 0.288 e. The number of halogens is 1. The van der Waals surface area contributed by atoms with Gasteiger partial charge in [0.2, 0.25) is 5.95 Å². The quantitative estimate of drug-likeness (QED) is 0.671. The van der Waals surface area contributed by atoms with E-state index in [2.05, 4.69) is 9.97 Å². The summed E-state index contributed by atoms with van der Waals surface area (Å²) in [5.74, 6) is 0.510. The van der Waals surface area contributed by atoms with Crippen molar-refractivity contribution in [1.29, 1.82) is 0 Å². The van der Waals surface area contributed by atoms with Crippen LogP contribution in [0.3, 0.4) is 0 Å². The molecule has 0 saturated carbocycles. The molecule has 0 radical (unpaired) electrons. The van der Waals surface area contributed by atoms with Crippen LogP contribution < -0.4 is 10.6 Å². The van der Waals surface area contributed by atoms with Crippen molar-refractivity contribution in [3.63, 3.8) is 0 Å². The summed E-state index contributed by atoms with van der Waals surface area (Å²) in [5, 5.41) is 11.0. The molecular weight excluding hydrogens is 294 g/mol. The van der Waals surface area contributed by atoms with Crippen LogP contribution in [0.5, 0.6) is 0 Å². The molecule has 21 heavy (non-hydrogen) atoms. The largest absolute Gasteiger partial charge is 0.343 e. The summed E-state index contributed by atoms with van der Waals surface area (Å²) in [7, 11) is 1.83. The Hall–Kier alpha value is -2.25. The Morgan fingerprint density at radius 3 is 2.86 bits per heavy atom. The Labute approximate surface area is 126 Å². The molecular formula is C13H14ClN5O2. The van der Waals surface area contributed by atoms with Gasteiger partial charge in [-0.05, 0) is 12.1 Å². The third-order valence-electron chi connectivity index (χ3n) is 2.89. The number of nitrogens with zero attached hydrogens (tertiary/aromatic N) is 4. The van der Waals surface area contributed by atoms with E-state index < -0.39 is 4.92 Å². The average molecular weight is 308 g/mol. The summed E-state index contributed by atoms with van der Waals surface area (Å²) in [4.78, 5) is 20.8. The number of hydrogen-bond donors (Lipinski definition) is 1. The topological polar surface area (TPSA) is 98.2 Å². The number of nitrogens with two attached hydrogens (primary N) is 1. The summed E-state index contributed by atoms with van der Waals surface area (Å²) < 4.78 is 0. The van der Waals surface area contributed by atoms with Crippen LogP contribution in [0.1, 0.15) is 0 Å². The SMILES string of the molecule is CN(CCN)c1nccc(-c2ccc(Cl)c([N+](=O)[O-])c2)n1. The van der Waals surface area contributed by atoms with Gasteiger partial charge in [0, 0.05) is 38.0 Å². The van der Waals surface area contributed by atoms with E-state index >= 15 is 0 Å². The maximum atomic E-state index is 10.9. The second-order valence-electron chi connectivity index (χ2n) is 4.38. The number of rotatable bonds is 5. The van der Waals surface area contributed by atoms with Gasteiger partial charge in [-0.2, -0.15) is 0 Å². The third-order valence-corrected chi connectivity index (χ3v) is 3.21. The fourth-order valence-electron chi connectivity index (χ4n) is 1.80. The summed E-state index contributed by atoms with van der Waals surface area (Å²) >= 11 is 5.81. The van der Waals surface area contributed by atoms with Crippen LogP contribution in [0.25, 0.3) is 11.3 Å². The number of likely N-dealkylation sites (N-methyl/N-ethyl adjacent to an activating group) is 1. The highest BCUT2D eigenvalue weighted by atomic mass is 35.5. The number of nitro groups is 1. The Kier molecular flexibility index (Phi) is 4.66. The number of aromatic nitrogens is 2. The van der Waals surface area contributed by atoms with E-state index in [4.69, 9.17) is 17.3 Å². The summed E-state index contributed by atoms with van der Waals surface area (Å²) in [6.07, 6.45) is 1.60. The molecule has 0 saturated heterocycles. The lowest BCUT2D eigenvalue weighted by Crippen LogP contribution is -2.26. The second kappa shape index (κ2) is 6.47. The van der Waals surface area contributed by atoms with Gasteiger partial charge in [-0.3, -0.25) is 10.1 Å². The lowest BCUT2D eigenvalue weighted by molar-refractivity contribution is -0.384. The van der Waals surface area contributed by atoms with Crippen molar-refractivity contribution in [2.75, 3.05) is 25.0 Å². The monoisotopic (exact) mass is 307 g/mol. The van der Waals surface area contributed by atoms with E-state index in [0.717, 1.165) is 0 Å². The summed E-state index contributed by atoms with van der Waals surface area (Å²) in [6, 6.07) is 6.26. The summed E-state index contributed by atoms with van der Waals surface area (Å²) in [6.45, 7) is 1.10. The molecule has 1 heterocycles. The van der Waals surface area contributed by atoms with Crippen LogP contribution in [-0.4, -0.2) is 35.0 Å². The van der Waals surface area contributed by atoms with Crippen molar-refractivity contribution in [1.82, 2.24) is 9.97 Å². The molecule has 0 aliphatic rings. The van der Waals surface area contributed by atoms with Crippen LogP contribution in [0, 0.1) is 10.1 Å². The Morgan fingerprint density at radius 1 is 1.43 bits per heavy atom. The van der Waals surface area contributed by atoms with Gasteiger partial charge in [0.25, 0.3) is 5.69 Å². The van der Waals surface area contributed by atoms with Gasteiger partial charge in [0.05, 0.1) is 10.6 Å². The minimum absolute atomic E-state index is 0.0956. The van der Waals surface area contributed by atoms with E-state index in [9.17, 15) is 10.1 Å². The summed E-state index contributed by atoms with van der Waals surface area (Å²) in [5.41, 5.74) is 6.54. The molecule has 0 bridgehead atoms. The van der Waals surface area contributed by atoms with Crippen LogP contribution in [0.15, 0.2) is 30.5 Å². The molecule has 110 valence electrons. The molecule has 0 aliphatic carbocycles. The molecule has 2 N–H and O–H groups in total. The maximum Gasteiger partial charge on any atom is 0.288 e. The first-order valence-electron chi connectivity index (χ1n) is 6.21. The zero-order valence-electron chi connectivity index (χ0n) is 11.4. The fourth-order valence-corrected chi connectivity index (χ4v) is 1.99. The van der Waals surface area contributed by atoms with Crippen molar-refractivity contribution >= 4 is 23.2 Å². The van der Waals surface area contributed by atoms with Gasteiger partial charge in [-0.1, -0.05) is 17.7 Å². The van der Waals surface area contributed by atoms with Gasteiger partial charge in [-0.15, -0.1) is 0 Å². The Morgan fingerprint density at radius 2 is 2.19 bits per heavy atom. The minimum Gasteiger partial charge on any atom is -0.343 e. The maximum absolute atomic E-state index is 10.9. The van der Waals surface area contributed by atoms with Crippen LogP contribution in [0.4, 0.5) is 11.6 Å². The molecule has 2 rings (SSSR count). The van der Waals surface area contributed by atoms with Crippen LogP contribution >= 0.6 is 11.6 Å². The van der Waals surface area contributed by atoms with E-state index in [1.54, 1.807) is 18.3 Å². The molecule has 8 heteroatoms. The van der Waals surface area contributed by atoms with Crippen molar-refractivity contribution in [2.24, 2.45) is 5.73 Å². The molecule has 1 aromatic carbocycles. The molecule has 0 fully saturated rings. The van der Waals surface area contributed by atoms with Crippen LogP contribution in [-0.2, 0) is 0 Å². The zero-order chi connectivity index (χ0) is 15.4. The molecule has 0 spiro atoms. The van der Waals surface area contributed by atoms with Gasteiger partial charge >= 0.3 is 0 Å². The normalized spacial score (nSPS) is 10.4. The van der Waals surface area contributed by atoms with Gasteiger partial charge in [-0.25, -0.2) is 9.97 Å². The Balaban J connectivity index is 2.40. The highest BCUT2D eigenvalue weighted by molar-refractivity contribution is 6.32. The molecule has 0 aliphatic heterocycles. The standard InChI is InChI=1S/C13H14ClN5O2/c1-18(7-5-15)13-16-6-4-11(17-13)9-2-3-10(14)12(8-9)19(20)21/h2-4,6,8H,5,7,15H2,1H3. The number of anilines is 1. The lowest BCUT2D eigenvalue weighted by atomic mass is 10.1. The molecule has 0 unspecified atom stereocenters. The molecule has 1 aromatic heterocycles. The van der Waals surface area contributed by atoms with Crippen molar-refractivity contribution < 1.29 is 4.92 Å². The molecule has 0 atom stereocenters. The van der Waals surface area contributed by atoms with Crippen molar-refractivity contribution in [3.8, 4) is 11.3 Å². The number of hydrogen-bond acceptors (Lipinski definition) is 6. The van der Waals surface area contributed by atoms with Gasteiger partial charge in [0.15, 0.2) is 0 Å². The predicted molar refractivity (Wildman–Crippen MR) is 81.5 cm³/mol. The highest BCUT2D eigenvalue weighted by Crippen LogP contribution is 2.29. The zero-order valence-corrected chi connectivity index (χ0v) is 12.1. The van der Waals surface area contributed by atoms with E-state index in [1.807, 2.05) is 11.9 Å². The first kappa shape index (κ1) is 15.1. The molecule has 7 nitrogen and oxygen atoms in total. The number of benzene rings is 1. The molecule has 2 aromatic rings. The van der Waals surface area contributed by atoms with E-state index in [0.29, 0.717) is 30.3 Å². The average Bonchev–Trinajstić information content (AvgIpc) is 2.48. The van der Waals surface area contributed by atoms with Crippen LogP contribution in [0.2, 0.25) is 5.02 Å². The Bertz CT molecular complexity index is 665.